The lowest BCUT2D eigenvalue weighted by molar-refractivity contribution is 0.716. The molecule has 0 N–H and O–H groups in total. The number of aromatic nitrogens is 4. The second-order valence-corrected chi connectivity index (χ2v) is 18.6. The van der Waals surface area contributed by atoms with Crippen LogP contribution in [0.2, 0.25) is 0 Å². The third kappa shape index (κ3) is 18.2. The van der Waals surface area contributed by atoms with Gasteiger partial charge in [-0.2, -0.15) is 21.0 Å². The van der Waals surface area contributed by atoms with Crippen LogP contribution in [-0.4, -0.2) is 19.9 Å². The molecule has 4 heterocycles. The summed E-state index contributed by atoms with van der Waals surface area (Å²) < 4.78 is 0. The Morgan fingerprint density at radius 3 is 0.870 bits per heavy atom. The Bertz CT molecular complexity index is 3320. The van der Waals surface area contributed by atoms with Crippen molar-refractivity contribution in [3.8, 4) is 80.4 Å². The molecule has 0 radical (unpaired) electrons. The Morgan fingerprint density at radius 2 is 0.571 bits per heavy atom. The van der Waals surface area contributed by atoms with Crippen molar-refractivity contribution in [2.45, 2.75) is 98.3 Å². The van der Waals surface area contributed by atoms with E-state index in [1.165, 1.54) is 66.3 Å². The van der Waals surface area contributed by atoms with Crippen LogP contribution in [0.1, 0.15) is 117 Å². The quantitative estimate of drug-likeness (QED) is 0.0869. The molecule has 77 heavy (non-hydrogen) atoms. The molecule has 0 saturated carbocycles. The van der Waals surface area contributed by atoms with Gasteiger partial charge in [-0.3, -0.25) is 19.9 Å². The zero-order valence-electron chi connectivity index (χ0n) is 44.8. The first-order valence-electron chi connectivity index (χ1n) is 26.7. The van der Waals surface area contributed by atoms with E-state index in [9.17, 15) is 0 Å². The zero-order valence-corrected chi connectivity index (χ0v) is 44.8. The highest BCUT2D eigenvalue weighted by molar-refractivity contribution is 5.68. The van der Waals surface area contributed by atoms with Gasteiger partial charge < -0.3 is 0 Å². The van der Waals surface area contributed by atoms with E-state index in [2.05, 4.69) is 127 Å². The van der Waals surface area contributed by atoms with E-state index in [0.717, 1.165) is 82.7 Å². The minimum atomic E-state index is 0.666. The lowest BCUT2D eigenvalue weighted by atomic mass is 10.0. The van der Waals surface area contributed by atoms with Crippen molar-refractivity contribution in [1.29, 1.82) is 21.0 Å². The Morgan fingerprint density at radius 1 is 0.273 bits per heavy atom. The molecule has 8 heteroatoms. The van der Waals surface area contributed by atoms with Gasteiger partial charge in [-0.15, -0.1) is 0 Å². The SMILES string of the molecule is CCCCCc1ccc(-c2ccc(-c3ccc(C#N)cc3)nc2)cc1.CCCCCc1ccc(-c2ccc(C#N)cc2)nc1.CCCc1ccc(-c2ccc(C#N)cc2)nc1.CCc1ccc(-c2ccc(C#N)cc2)nc1. The fraction of sp³-hybridized carbons (Fsp3) is 0.217. The summed E-state index contributed by atoms with van der Waals surface area (Å²) in [6, 6.07) is 63.9. The predicted octanol–water partition coefficient (Wildman–Crippen LogP) is 17.1. The molecule has 4 aromatic heterocycles. The number of nitrogens with zero attached hydrogens (tertiary/aromatic N) is 8. The molecule has 0 aliphatic carbocycles. The summed E-state index contributed by atoms with van der Waals surface area (Å²) in [4.78, 5) is 17.9. The monoisotopic (exact) mass is 1010 g/mol. The van der Waals surface area contributed by atoms with Crippen LogP contribution in [0.5, 0.6) is 0 Å². The molecule has 0 aliphatic heterocycles. The summed E-state index contributed by atoms with van der Waals surface area (Å²) in [7, 11) is 0. The first-order chi connectivity index (χ1) is 37.8. The van der Waals surface area contributed by atoms with Gasteiger partial charge in [0.1, 0.15) is 0 Å². The van der Waals surface area contributed by atoms with E-state index in [0.29, 0.717) is 22.3 Å². The fourth-order valence-corrected chi connectivity index (χ4v) is 8.20. The Balaban J connectivity index is 0.000000169. The molecule has 0 unspecified atom stereocenters. The van der Waals surface area contributed by atoms with Crippen LogP contribution < -0.4 is 0 Å². The molecule has 0 aliphatic rings. The average Bonchev–Trinajstić information content (AvgIpc) is 3.50. The van der Waals surface area contributed by atoms with Crippen molar-refractivity contribution >= 4 is 0 Å². The van der Waals surface area contributed by atoms with E-state index >= 15 is 0 Å². The maximum atomic E-state index is 8.88. The minimum absolute atomic E-state index is 0.666. The Kier molecular flexibility index (Phi) is 23.2. The summed E-state index contributed by atoms with van der Waals surface area (Å²) in [5, 5.41) is 35.1. The number of hydrogen-bond acceptors (Lipinski definition) is 8. The fourth-order valence-electron chi connectivity index (χ4n) is 8.20. The first kappa shape index (κ1) is 56.9. The van der Waals surface area contributed by atoms with Gasteiger partial charge in [0.25, 0.3) is 0 Å². The number of pyridine rings is 4. The second-order valence-electron chi connectivity index (χ2n) is 18.6. The number of hydrogen-bond donors (Lipinski definition) is 0. The lowest BCUT2D eigenvalue weighted by Gasteiger charge is -2.06. The van der Waals surface area contributed by atoms with Crippen molar-refractivity contribution < 1.29 is 0 Å². The molecule has 0 bridgehead atoms. The number of nitriles is 4. The highest BCUT2D eigenvalue weighted by atomic mass is 14.7. The summed E-state index contributed by atoms with van der Waals surface area (Å²) in [6.45, 7) is 8.72. The third-order valence-corrected chi connectivity index (χ3v) is 12.8. The third-order valence-electron chi connectivity index (χ3n) is 12.8. The van der Waals surface area contributed by atoms with Gasteiger partial charge in [0.05, 0.1) is 69.3 Å². The van der Waals surface area contributed by atoms with Gasteiger partial charge in [-0.25, -0.2) is 0 Å². The molecule has 5 aromatic carbocycles. The van der Waals surface area contributed by atoms with Crippen molar-refractivity contribution in [1.82, 2.24) is 19.9 Å². The highest BCUT2D eigenvalue weighted by Gasteiger charge is 2.05. The van der Waals surface area contributed by atoms with E-state index in [-0.39, 0.29) is 0 Å². The normalized spacial score (nSPS) is 10.1. The average molecular weight is 1010 g/mol. The van der Waals surface area contributed by atoms with Crippen LogP contribution >= 0.6 is 0 Å². The van der Waals surface area contributed by atoms with Crippen molar-refractivity contribution in [2.75, 3.05) is 0 Å². The maximum absolute atomic E-state index is 8.88. The standard InChI is InChI=1S/C23H22N2.C17H18N2.C15H14N2.C14H12N2/c1-2-3-4-5-18-6-10-20(11-7-18)22-14-15-23(25-17-22)21-12-8-19(16-24)9-13-21;1-2-3-4-5-15-8-11-17(19-13-15)16-9-6-14(12-18)7-10-16;1-2-3-13-6-9-15(17-11-13)14-7-4-12(10-16)5-8-14;1-2-11-5-8-14(16-10-11)13-6-3-12(9-15)4-7-13/h6-15,17H,2-5H2,1H3;6-11,13H,2-5H2,1H3;4-9,11H,2-3H2,1H3;3-8,10H,2H2,1H3. The van der Waals surface area contributed by atoms with E-state index in [1.54, 1.807) is 0 Å². The van der Waals surface area contributed by atoms with Crippen LogP contribution in [0, 0.1) is 45.3 Å². The first-order valence-corrected chi connectivity index (χ1v) is 26.7. The van der Waals surface area contributed by atoms with Gasteiger partial charge in [0, 0.05) is 52.6 Å². The highest BCUT2D eigenvalue weighted by Crippen LogP contribution is 2.25. The summed E-state index contributed by atoms with van der Waals surface area (Å²) in [5.74, 6) is 0. The number of aryl methyl sites for hydroxylation is 4. The largest absolute Gasteiger partial charge is 0.256 e. The number of rotatable bonds is 16. The number of benzene rings is 5. The van der Waals surface area contributed by atoms with Crippen molar-refractivity contribution in [3.05, 3.63) is 239 Å². The lowest BCUT2D eigenvalue weighted by Crippen LogP contribution is -1.89. The van der Waals surface area contributed by atoms with E-state index < -0.39 is 0 Å². The van der Waals surface area contributed by atoms with Crippen LogP contribution in [-0.2, 0) is 25.7 Å². The molecule has 9 aromatic rings. The van der Waals surface area contributed by atoms with E-state index in [1.807, 2.05) is 140 Å². The zero-order chi connectivity index (χ0) is 54.5. The predicted molar refractivity (Wildman–Crippen MR) is 313 cm³/mol. The molecule has 0 saturated heterocycles. The van der Waals surface area contributed by atoms with Crippen LogP contribution in [0.4, 0.5) is 0 Å². The van der Waals surface area contributed by atoms with Crippen molar-refractivity contribution in [2.24, 2.45) is 0 Å². The molecular formula is C69H66N8. The molecule has 382 valence electrons. The molecular weight excluding hydrogens is 941 g/mol. The van der Waals surface area contributed by atoms with Gasteiger partial charge in [0.2, 0.25) is 0 Å². The maximum Gasteiger partial charge on any atom is 0.0991 e. The van der Waals surface area contributed by atoms with Gasteiger partial charge >= 0.3 is 0 Å². The van der Waals surface area contributed by atoms with Gasteiger partial charge in [-0.05, 0) is 139 Å². The summed E-state index contributed by atoms with van der Waals surface area (Å²) in [6.07, 6.45) is 20.7. The minimum Gasteiger partial charge on any atom is -0.256 e. The number of unbranched alkanes of at least 4 members (excludes halogenated alkanes) is 4. The topological polar surface area (TPSA) is 147 Å². The van der Waals surface area contributed by atoms with Gasteiger partial charge in [-0.1, -0.05) is 157 Å². The Labute approximate surface area is 456 Å². The van der Waals surface area contributed by atoms with Crippen LogP contribution in [0.3, 0.4) is 0 Å². The smallest absolute Gasteiger partial charge is 0.0991 e. The molecule has 0 atom stereocenters. The Hall–Kier alpha value is -9.34. The summed E-state index contributed by atoms with van der Waals surface area (Å²) in [5.41, 5.74) is 18.2. The molecule has 0 fully saturated rings. The molecule has 9 rings (SSSR count). The molecule has 8 nitrogen and oxygen atoms in total. The van der Waals surface area contributed by atoms with Crippen LogP contribution in [0.25, 0.3) is 56.2 Å². The van der Waals surface area contributed by atoms with E-state index in [4.69, 9.17) is 21.0 Å². The van der Waals surface area contributed by atoms with Crippen LogP contribution in [0.15, 0.2) is 195 Å². The molecule has 0 amide bonds. The van der Waals surface area contributed by atoms with Crippen molar-refractivity contribution in [3.63, 3.8) is 0 Å². The molecule has 0 spiro atoms. The van der Waals surface area contributed by atoms with Gasteiger partial charge in [0.15, 0.2) is 0 Å². The summed E-state index contributed by atoms with van der Waals surface area (Å²) >= 11 is 0. The second kappa shape index (κ2) is 31.4.